The Morgan fingerprint density at radius 1 is 1.08 bits per heavy atom. The van der Waals surface area contributed by atoms with Gasteiger partial charge in [0.1, 0.15) is 5.82 Å². The topological polar surface area (TPSA) is 61.4 Å². The van der Waals surface area contributed by atoms with E-state index in [4.69, 9.17) is 11.6 Å². The Bertz CT molecular complexity index is 909. The van der Waals surface area contributed by atoms with Crippen LogP contribution in [0.1, 0.15) is 17.2 Å². The molecule has 132 valence electrons. The Kier molecular flexibility index (Phi) is 4.12. The Morgan fingerprint density at radius 3 is 2.46 bits per heavy atom. The van der Waals surface area contributed by atoms with Gasteiger partial charge < -0.3 is 15.5 Å². The molecule has 26 heavy (non-hydrogen) atoms. The molecule has 7 heteroatoms. The number of nitrogens with zero attached hydrogens (tertiary/aromatic N) is 1. The van der Waals surface area contributed by atoms with Crippen LogP contribution < -0.4 is 10.6 Å². The quantitative estimate of drug-likeness (QED) is 0.870. The molecule has 2 aliphatic rings. The molecule has 4 rings (SSSR count). The number of benzene rings is 2. The molecule has 2 N–H and O–H groups in total. The minimum Gasteiger partial charge on any atom is -0.329 e. The van der Waals surface area contributed by atoms with Gasteiger partial charge in [-0.2, -0.15) is 0 Å². The first-order chi connectivity index (χ1) is 12.5. The van der Waals surface area contributed by atoms with Crippen LogP contribution in [-0.2, 0) is 11.3 Å². The van der Waals surface area contributed by atoms with Crippen LogP contribution in [0.4, 0.5) is 9.18 Å². The number of urea groups is 1. The summed E-state index contributed by atoms with van der Waals surface area (Å²) in [5, 5.41) is 6.11. The third kappa shape index (κ3) is 3.04. The predicted octanol–water partition coefficient (Wildman–Crippen LogP) is 3.13. The number of amides is 3. The van der Waals surface area contributed by atoms with E-state index in [-0.39, 0.29) is 17.8 Å². The smallest absolute Gasteiger partial charge is 0.319 e. The Labute approximate surface area is 154 Å². The molecule has 5 nitrogen and oxygen atoms in total. The Hall–Kier alpha value is -2.86. The summed E-state index contributed by atoms with van der Waals surface area (Å²) < 4.78 is 13.1. The van der Waals surface area contributed by atoms with Crippen molar-refractivity contribution in [2.75, 3.05) is 6.54 Å². The minimum absolute atomic E-state index is 0.156. The van der Waals surface area contributed by atoms with Crippen molar-refractivity contribution in [1.29, 1.82) is 0 Å². The zero-order valence-electron chi connectivity index (χ0n) is 13.6. The summed E-state index contributed by atoms with van der Waals surface area (Å²) in [6.45, 7) is 0.651. The van der Waals surface area contributed by atoms with Crippen LogP contribution in [0.15, 0.2) is 59.8 Å². The van der Waals surface area contributed by atoms with Crippen molar-refractivity contribution in [3.8, 4) is 0 Å². The maximum Gasteiger partial charge on any atom is 0.319 e. The van der Waals surface area contributed by atoms with Gasteiger partial charge in [-0.25, -0.2) is 9.18 Å². The van der Waals surface area contributed by atoms with Gasteiger partial charge in [-0.3, -0.25) is 4.79 Å². The molecular weight excluding hydrogens is 357 g/mol. The molecule has 0 fully saturated rings. The van der Waals surface area contributed by atoms with Crippen LogP contribution in [-0.4, -0.2) is 23.4 Å². The lowest BCUT2D eigenvalue weighted by Crippen LogP contribution is -2.44. The highest BCUT2D eigenvalue weighted by molar-refractivity contribution is 6.30. The van der Waals surface area contributed by atoms with Crippen molar-refractivity contribution < 1.29 is 14.0 Å². The molecule has 2 heterocycles. The van der Waals surface area contributed by atoms with E-state index in [1.807, 2.05) is 0 Å². The summed E-state index contributed by atoms with van der Waals surface area (Å²) in [5.74, 6) is -0.477. The second kappa shape index (κ2) is 6.46. The number of carbonyl (C=O) groups is 2. The van der Waals surface area contributed by atoms with Gasteiger partial charge in [-0.05, 0) is 35.4 Å². The lowest BCUT2D eigenvalue weighted by atomic mass is 9.96. The van der Waals surface area contributed by atoms with Crippen molar-refractivity contribution in [3.05, 3.63) is 81.8 Å². The standard InChI is InChI=1S/C19H15ClFN3O2/c20-13-5-3-12(4-6-13)17-16-15(22-19(26)23-17)10-24(18(16)25)9-11-1-7-14(21)8-2-11/h1-8,17H,9-10H2,(H2,22,23,26)/t17-/m1/s1. The lowest BCUT2D eigenvalue weighted by molar-refractivity contribution is -0.126. The molecule has 2 aliphatic heterocycles. The van der Waals surface area contributed by atoms with Crippen molar-refractivity contribution in [2.24, 2.45) is 0 Å². The molecule has 0 aliphatic carbocycles. The van der Waals surface area contributed by atoms with E-state index in [1.54, 1.807) is 41.3 Å². The third-order valence-corrected chi connectivity index (χ3v) is 4.76. The molecule has 1 atom stereocenters. The van der Waals surface area contributed by atoms with Crippen LogP contribution in [0.5, 0.6) is 0 Å². The van der Waals surface area contributed by atoms with E-state index in [0.717, 1.165) is 11.1 Å². The fraction of sp³-hybridized carbons (Fsp3) is 0.158. The predicted molar refractivity (Wildman–Crippen MR) is 94.7 cm³/mol. The first kappa shape index (κ1) is 16.6. The number of nitrogens with one attached hydrogen (secondary N) is 2. The average molecular weight is 372 g/mol. The molecule has 0 radical (unpaired) electrons. The van der Waals surface area contributed by atoms with Crippen molar-refractivity contribution in [2.45, 2.75) is 12.6 Å². The average Bonchev–Trinajstić information content (AvgIpc) is 2.92. The second-order valence-corrected chi connectivity index (χ2v) is 6.70. The summed E-state index contributed by atoms with van der Waals surface area (Å²) in [6, 6.07) is 12.2. The van der Waals surface area contributed by atoms with E-state index in [0.29, 0.717) is 29.4 Å². The molecule has 0 spiro atoms. The molecule has 2 aromatic carbocycles. The normalized spacial score (nSPS) is 19.3. The van der Waals surface area contributed by atoms with Gasteiger partial charge in [0.25, 0.3) is 5.91 Å². The lowest BCUT2D eigenvalue weighted by Gasteiger charge is -2.25. The van der Waals surface area contributed by atoms with E-state index in [2.05, 4.69) is 10.6 Å². The molecule has 0 bridgehead atoms. The van der Waals surface area contributed by atoms with Gasteiger partial charge in [0.05, 0.1) is 23.9 Å². The number of rotatable bonds is 3. The maximum absolute atomic E-state index is 13.1. The number of carbonyl (C=O) groups excluding carboxylic acids is 2. The monoisotopic (exact) mass is 371 g/mol. The van der Waals surface area contributed by atoms with Gasteiger partial charge in [-0.15, -0.1) is 0 Å². The van der Waals surface area contributed by atoms with Crippen LogP contribution in [0.25, 0.3) is 0 Å². The Balaban J connectivity index is 1.61. The van der Waals surface area contributed by atoms with Crippen LogP contribution in [0.3, 0.4) is 0 Å². The van der Waals surface area contributed by atoms with E-state index >= 15 is 0 Å². The van der Waals surface area contributed by atoms with Crippen molar-refractivity contribution >= 4 is 23.5 Å². The van der Waals surface area contributed by atoms with Gasteiger partial charge in [-0.1, -0.05) is 35.9 Å². The van der Waals surface area contributed by atoms with Gasteiger partial charge in [0.2, 0.25) is 0 Å². The van der Waals surface area contributed by atoms with E-state index in [9.17, 15) is 14.0 Å². The van der Waals surface area contributed by atoms with Gasteiger partial charge in [0, 0.05) is 11.6 Å². The zero-order chi connectivity index (χ0) is 18.3. The minimum atomic E-state index is -0.526. The summed E-state index contributed by atoms with van der Waals surface area (Å²) in [5.41, 5.74) is 2.73. The van der Waals surface area contributed by atoms with E-state index in [1.165, 1.54) is 12.1 Å². The number of hydrogen-bond donors (Lipinski definition) is 2. The molecule has 0 saturated carbocycles. The molecule has 0 unspecified atom stereocenters. The maximum atomic E-state index is 13.1. The Morgan fingerprint density at radius 2 is 1.77 bits per heavy atom. The molecule has 2 aromatic rings. The second-order valence-electron chi connectivity index (χ2n) is 6.26. The molecule has 0 saturated heterocycles. The number of halogens is 2. The summed E-state index contributed by atoms with van der Waals surface area (Å²) >= 11 is 5.93. The van der Waals surface area contributed by atoms with E-state index < -0.39 is 6.04 Å². The highest BCUT2D eigenvalue weighted by Gasteiger charge is 2.40. The van der Waals surface area contributed by atoms with Crippen LogP contribution >= 0.6 is 11.6 Å². The highest BCUT2D eigenvalue weighted by Crippen LogP contribution is 2.33. The largest absolute Gasteiger partial charge is 0.329 e. The van der Waals surface area contributed by atoms with Crippen molar-refractivity contribution in [3.63, 3.8) is 0 Å². The van der Waals surface area contributed by atoms with Gasteiger partial charge >= 0.3 is 6.03 Å². The first-order valence-corrected chi connectivity index (χ1v) is 8.49. The first-order valence-electron chi connectivity index (χ1n) is 8.11. The summed E-state index contributed by atoms with van der Waals surface area (Å²) in [6.07, 6.45) is 0. The summed E-state index contributed by atoms with van der Waals surface area (Å²) in [4.78, 5) is 26.6. The summed E-state index contributed by atoms with van der Waals surface area (Å²) in [7, 11) is 0. The molecule has 0 aromatic heterocycles. The van der Waals surface area contributed by atoms with Crippen LogP contribution in [0.2, 0.25) is 5.02 Å². The number of hydrogen-bond acceptors (Lipinski definition) is 2. The van der Waals surface area contributed by atoms with Crippen molar-refractivity contribution in [1.82, 2.24) is 15.5 Å². The zero-order valence-corrected chi connectivity index (χ0v) is 14.4. The fourth-order valence-electron chi connectivity index (χ4n) is 3.27. The fourth-order valence-corrected chi connectivity index (χ4v) is 3.40. The van der Waals surface area contributed by atoms with Crippen LogP contribution in [0, 0.1) is 5.82 Å². The molecular formula is C19H15ClFN3O2. The third-order valence-electron chi connectivity index (χ3n) is 4.51. The molecule has 3 amide bonds. The SMILES string of the molecule is O=C1NC2=C(C(=O)N(Cc3ccc(F)cc3)C2)[C@@H](c2ccc(Cl)cc2)N1. The highest BCUT2D eigenvalue weighted by atomic mass is 35.5. The van der Waals surface area contributed by atoms with Gasteiger partial charge in [0.15, 0.2) is 0 Å².